The lowest BCUT2D eigenvalue weighted by Gasteiger charge is -2.34. The van der Waals surface area contributed by atoms with Gasteiger partial charge in [0, 0.05) is 18.4 Å². The van der Waals surface area contributed by atoms with Crippen molar-refractivity contribution in [3.63, 3.8) is 0 Å². The minimum absolute atomic E-state index is 0.739. The van der Waals surface area contributed by atoms with Crippen LogP contribution in [0.2, 0.25) is 0 Å². The minimum atomic E-state index is 0.739. The predicted octanol–water partition coefficient (Wildman–Crippen LogP) is 3.28. The smallest absolute Gasteiger partial charge is 0.0270 e. The fourth-order valence-corrected chi connectivity index (χ4v) is 2.82. The largest absolute Gasteiger partial charge is 0.300 e. The SMILES string of the molecule is CCCC(Cc1ccncc1)N1CCCCC1. The zero-order valence-electron chi connectivity index (χ0n) is 10.9. The lowest BCUT2D eigenvalue weighted by atomic mass is 9.99. The highest BCUT2D eigenvalue weighted by Crippen LogP contribution is 2.18. The average Bonchev–Trinajstić information content (AvgIpc) is 2.40. The summed E-state index contributed by atoms with van der Waals surface area (Å²) in [6.45, 7) is 4.90. The molecule has 0 radical (unpaired) electrons. The zero-order valence-corrected chi connectivity index (χ0v) is 10.9. The third kappa shape index (κ3) is 3.81. The molecule has 2 heterocycles. The Bertz CT molecular complexity index is 304. The van der Waals surface area contributed by atoms with Gasteiger partial charge in [-0.15, -0.1) is 0 Å². The van der Waals surface area contributed by atoms with Crippen LogP contribution in [0.4, 0.5) is 0 Å². The number of likely N-dealkylation sites (tertiary alicyclic amines) is 1. The Hall–Kier alpha value is -0.890. The van der Waals surface area contributed by atoms with Gasteiger partial charge in [0.1, 0.15) is 0 Å². The summed E-state index contributed by atoms with van der Waals surface area (Å²) in [6, 6.07) is 5.06. The summed E-state index contributed by atoms with van der Waals surface area (Å²) in [5.74, 6) is 0. The number of rotatable bonds is 5. The molecule has 0 bridgehead atoms. The van der Waals surface area contributed by atoms with Crippen LogP contribution < -0.4 is 0 Å². The van der Waals surface area contributed by atoms with Gasteiger partial charge in [-0.05, 0) is 56.5 Å². The molecule has 1 aromatic heterocycles. The Kier molecular flexibility index (Phi) is 4.99. The first-order valence-corrected chi connectivity index (χ1v) is 7.03. The maximum absolute atomic E-state index is 4.10. The standard InChI is InChI=1S/C15H24N2/c1-2-6-15(17-11-4-3-5-12-17)13-14-7-9-16-10-8-14/h7-10,15H,2-6,11-13H2,1H3. The summed E-state index contributed by atoms with van der Waals surface area (Å²) >= 11 is 0. The van der Waals surface area contributed by atoms with Gasteiger partial charge in [-0.3, -0.25) is 4.98 Å². The highest BCUT2D eigenvalue weighted by atomic mass is 15.2. The van der Waals surface area contributed by atoms with Crippen LogP contribution in [0.3, 0.4) is 0 Å². The molecule has 0 aliphatic carbocycles. The van der Waals surface area contributed by atoms with E-state index in [-0.39, 0.29) is 0 Å². The van der Waals surface area contributed by atoms with E-state index in [1.807, 2.05) is 12.4 Å². The van der Waals surface area contributed by atoms with Crippen molar-refractivity contribution >= 4 is 0 Å². The molecule has 2 rings (SSSR count). The van der Waals surface area contributed by atoms with Gasteiger partial charge in [0.2, 0.25) is 0 Å². The van der Waals surface area contributed by atoms with Crippen LogP contribution in [0.5, 0.6) is 0 Å². The molecule has 2 heteroatoms. The van der Waals surface area contributed by atoms with Crippen molar-refractivity contribution in [2.75, 3.05) is 13.1 Å². The van der Waals surface area contributed by atoms with Gasteiger partial charge in [-0.1, -0.05) is 19.8 Å². The molecule has 0 aromatic carbocycles. The van der Waals surface area contributed by atoms with E-state index in [4.69, 9.17) is 0 Å². The van der Waals surface area contributed by atoms with E-state index >= 15 is 0 Å². The summed E-state index contributed by atoms with van der Waals surface area (Å²) in [7, 11) is 0. The fourth-order valence-electron chi connectivity index (χ4n) is 2.82. The van der Waals surface area contributed by atoms with Crippen molar-refractivity contribution in [1.29, 1.82) is 0 Å². The van der Waals surface area contributed by atoms with Crippen molar-refractivity contribution in [1.82, 2.24) is 9.88 Å². The first-order chi connectivity index (χ1) is 8.40. The van der Waals surface area contributed by atoms with E-state index in [1.165, 1.54) is 57.2 Å². The van der Waals surface area contributed by atoms with E-state index in [1.54, 1.807) is 0 Å². The van der Waals surface area contributed by atoms with E-state index in [2.05, 4.69) is 28.9 Å². The number of hydrogen-bond acceptors (Lipinski definition) is 2. The Morgan fingerprint density at radius 2 is 1.88 bits per heavy atom. The first-order valence-electron chi connectivity index (χ1n) is 7.03. The van der Waals surface area contributed by atoms with Crippen molar-refractivity contribution in [2.24, 2.45) is 0 Å². The number of aromatic nitrogens is 1. The number of piperidine rings is 1. The van der Waals surface area contributed by atoms with E-state index in [9.17, 15) is 0 Å². The van der Waals surface area contributed by atoms with Crippen molar-refractivity contribution in [3.8, 4) is 0 Å². The second-order valence-corrected chi connectivity index (χ2v) is 5.10. The van der Waals surface area contributed by atoms with Crippen LogP contribution in [0, 0.1) is 0 Å². The van der Waals surface area contributed by atoms with Crippen molar-refractivity contribution in [3.05, 3.63) is 30.1 Å². The fraction of sp³-hybridized carbons (Fsp3) is 0.667. The van der Waals surface area contributed by atoms with Gasteiger partial charge in [0.05, 0.1) is 0 Å². The third-order valence-corrected chi connectivity index (χ3v) is 3.75. The van der Waals surface area contributed by atoms with Gasteiger partial charge >= 0.3 is 0 Å². The predicted molar refractivity (Wildman–Crippen MR) is 72.1 cm³/mol. The van der Waals surface area contributed by atoms with Crippen molar-refractivity contribution < 1.29 is 0 Å². The summed E-state index contributed by atoms with van der Waals surface area (Å²) < 4.78 is 0. The molecule has 1 aliphatic heterocycles. The molecule has 0 amide bonds. The Morgan fingerprint density at radius 3 is 2.53 bits per heavy atom. The lowest BCUT2D eigenvalue weighted by molar-refractivity contribution is 0.153. The highest BCUT2D eigenvalue weighted by molar-refractivity contribution is 5.11. The second kappa shape index (κ2) is 6.75. The zero-order chi connectivity index (χ0) is 11.9. The lowest BCUT2D eigenvalue weighted by Crippen LogP contribution is -2.40. The molecule has 0 N–H and O–H groups in total. The van der Waals surface area contributed by atoms with Crippen LogP contribution >= 0.6 is 0 Å². The molecule has 0 spiro atoms. The molecule has 1 fully saturated rings. The molecular weight excluding hydrogens is 208 g/mol. The molecule has 1 unspecified atom stereocenters. The summed E-state index contributed by atoms with van der Waals surface area (Å²) in [4.78, 5) is 6.80. The monoisotopic (exact) mass is 232 g/mol. The summed E-state index contributed by atoms with van der Waals surface area (Å²) in [5.41, 5.74) is 1.43. The maximum atomic E-state index is 4.10. The molecule has 1 atom stereocenters. The maximum Gasteiger partial charge on any atom is 0.0270 e. The molecule has 2 nitrogen and oxygen atoms in total. The van der Waals surface area contributed by atoms with Crippen LogP contribution in [-0.2, 0) is 6.42 Å². The van der Waals surface area contributed by atoms with Crippen LogP contribution in [0.25, 0.3) is 0 Å². The number of pyridine rings is 1. The molecule has 1 aliphatic rings. The van der Waals surface area contributed by atoms with Crippen LogP contribution in [0.15, 0.2) is 24.5 Å². The third-order valence-electron chi connectivity index (χ3n) is 3.75. The number of hydrogen-bond donors (Lipinski definition) is 0. The quantitative estimate of drug-likeness (QED) is 0.774. The first kappa shape index (κ1) is 12.6. The van der Waals surface area contributed by atoms with E-state index < -0.39 is 0 Å². The van der Waals surface area contributed by atoms with Crippen LogP contribution in [0.1, 0.15) is 44.6 Å². The second-order valence-electron chi connectivity index (χ2n) is 5.10. The normalized spacial score (nSPS) is 19.1. The van der Waals surface area contributed by atoms with Gasteiger partial charge < -0.3 is 4.90 Å². The minimum Gasteiger partial charge on any atom is -0.300 e. The Balaban J connectivity index is 1.96. The van der Waals surface area contributed by atoms with Gasteiger partial charge in [0.25, 0.3) is 0 Å². The Morgan fingerprint density at radius 1 is 1.18 bits per heavy atom. The molecule has 17 heavy (non-hydrogen) atoms. The molecular formula is C15H24N2. The molecule has 0 saturated carbocycles. The molecule has 94 valence electrons. The Labute approximate surface area is 105 Å². The van der Waals surface area contributed by atoms with Crippen molar-refractivity contribution in [2.45, 2.75) is 51.5 Å². The summed E-state index contributed by atoms with van der Waals surface area (Å²) in [5, 5.41) is 0. The highest BCUT2D eigenvalue weighted by Gasteiger charge is 2.19. The van der Waals surface area contributed by atoms with Gasteiger partial charge in [0.15, 0.2) is 0 Å². The van der Waals surface area contributed by atoms with E-state index in [0.717, 1.165) is 6.04 Å². The van der Waals surface area contributed by atoms with Gasteiger partial charge in [-0.25, -0.2) is 0 Å². The van der Waals surface area contributed by atoms with E-state index in [0.29, 0.717) is 0 Å². The molecule has 1 aromatic rings. The summed E-state index contributed by atoms with van der Waals surface area (Å²) in [6.07, 6.45) is 11.8. The van der Waals surface area contributed by atoms with Gasteiger partial charge in [-0.2, -0.15) is 0 Å². The van der Waals surface area contributed by atoms with Crippen LogP contribution in [-0.4, -0.2) is 29.0 Å². The topological polar surface area (TPSA) is 16.1 Å². The molecule has 1 saturated heterocycles. The average molecular weight is 232 g/mol. The number of nitrogens with zero attached hydrogens (tertiary/aromatic N) is 2.